The van der Waals surface area contributed by atoms with Crippen LogP contribution in [-0.2, 0) is 5.41 Å². The van der Waals surface area contributed by atoms with E-state index >= 15 is 0 Å². The lowest BCUT2D eigenvalue weighted by molar-refractivity contribution is 0.669. The van der Waals surface area contributed by atoms with Crippen LogP contribution in [0.4, 0.5) is 0 Å². The molecule has 14 rings (SSSR count). The first-order valence-electron chi connectivity index (χ1n) is 23.2. The van der Waals surface area contributed by atoms with Crippen LogP contribution in [0.25, 0.3) is 112 Å². The van der Waals surface area contributed by atoms with Gasteiger partial charge < -0.3 is 4.42 Å². The first-order chi connectivity index (χ1) is 33.7. The zero-order valence-corrected chi connectivity index (χ0v) is 36.8. The smallest absolute Gasteiger partial charge is 0.164 e. The van der Waals surface area contributed by atoms with E-state index in [1.54, 1.807) is 0 Å². The van der Waals surface area contributed by atoms with Crippen molar-refractivity contribution < 1.29 is 4.42 Å². The first-order valence-corrected chi connectivity index (χ1v) is 23.2. The van der Waals surface area contributed by atoms with E-state index in [1.165, 1.54) is 55.6 Å². The molecule has 12 aromatic rings. The normalized spacial score (nSPS) is 12.8. The predicted octanol–water partition coefficient (Wildman–Crippen LogP) is 16.1. The lowest BCUT2D eigenvalue weighted by Gasteiger charge is -2.32. The van der Waals surface area contributed by atoms with Crippen LogP contribution in [-0.4, -0.2) is 15.0 Å². The quantitative estimate of drug-likeness (QED) is 0.167. The Balaban J connectivity index is 0.828. The third kappa shape index (κ3) is 5.77. The summed E-state index contributed by atoms with van der Waals surface area (Å²) in [7, 11) is 0. The van der Waals surface area contributed by atoms with Crippen molar-refractivity contribution >= 4 is 21.9 Å². The Bertz CT molecular complexity index is 3880. The Morgan fingerprint density at radius 2 is 0.632 bits per heavy atom. The van der Waals surface area contributed by atoms with Gasteiger partial charge in [0.05, 0.1) is 5.41 Å². The molecule has 68 heavy (non-hydrogen) atoms. The summed E-state index contributed by atoms with van der Waals surface area (Å²) in [5.41, 5.74) is 21.6. The van der Waals surface area contributed by atoms with Crippen molar-refractivity contribution in [3.05, 3.63) is 259 Å². The summed E-state index contributed by atoms with van der Waals surface area (Å²) in [6.07, 6.45) is 0. The third-order valence-electron chi connectivity index (χ3n) is 14.2. The summed E-state index contributed by atoms with van der Waals surface area (Å²) in [6, 6.07) is 84.6. The molecule has 10 aromatic carbocycles. The molecule has 1 spiro atoms. The maximum Gasteiger partial charge on any atom is 0.164 e. The number of furan rings is 1. The Kier molecular flexibility index (Phi) is 8.46. The highest BCUT2D eigenvalue weighted by atomic mass is 16.3. The number of aromatic nitrogens is 3. The van der Waals surface area contributed by atoms with Crippen molar-refractivity contribution in [2.75, 3.05) is 0 Å². The minimum absolute atomic E-state index is 0.410. The molecular formula is C64H39N3O. The summed E-state index contributed by atoms with van der Waals surface area (Å²) in [5.74, 6) is 1.84. The van der Waals surface area contributed by atoms with Gasteiger partial charge in [0.15, 0.2) is 17.5 Å². The number of hydrogen-bond donors (Lipinski definition) is 0. The Labute approximate surface area is 393 Å². The molecule has 0 radical (unpaired) electrons. The van der Waals surface area contributed by atoms with E-state index in [9.17, 15) is 0 Å². The molecule has 2 aliphatic carbocycles. The van der Waals surface area contributed by atoms with Gasteiger partial charge in [-0.05, 0) is 108 Å². The summed E-state index contributed by atoms with van der Waals surface area (Å²) >= 11 is 0. The molecule has 0 bridgehead atoms. The van der Waals surface area contributed by atoms with E-state index in [4.69, 9.17) is 19.4 Å². The molecule has 2 heterocycles. The summed E-state index contributed by atoms with van der Waals surface area (Å²) < 4.78 is 6.32. The number of rotatable bonds is 6. The van der Waals surface area contributed by atoms with Gasteiger partial charge in [0.25, 0.3) is 0 Å². The summed E-state index contributed by atoms with van der Waals surface area (Å²) in [6.45, 7) is 0. The maximum atomic E-state index is 6.32. The van der Waals surface area contributed by atoms with Crippen LogP contribution in [0.2, 0.25) is 0 Å². The molecular weight excluding hydrogens is 827 g/mol. The lowest BCUT2D eigenvalue weighted by Crippen LogP contribution is -2.26. The largest absolute Gasteiger partial charge is 0.456 e. The van der Waals surface area contributed by atoms with Crippen molar-refractivity contribution in [3.63, 3.8) is 0 Å². The first kappa shape index (κ1) is 38.3. The van der Waals surface area contributed by atoms with E-state index in [-0.39, 0.29) is 0 Å². The van der Waals surface area contributed by atoms with Crippen LogP contribution in [0.5, 0.6) is 0 Å². The van der Waals surface area contributed by atoms with Crippen LogP contribution < -0.4 is 0 Å². The standard InChI is InChI=1S/C64H39N3O/c1-3-14-40(15-4-1)46-34-36-58-53(38-46)54-39-47(35-37-59(54)68-58)63-66-61(44-16-5-2-6-17-44)65-62(67-63)45-32-28-42(29-33-45)41-26-30-43(31-27-41)48-21-13-22-52-51-20-9-12-25-57(51)64(60(48)52)55-23-10-7-18-49(55)50-19-8-11-24-56(50)64/h1-39H. The third-order valence-corrected chi connectivity index (χ3v) is 14.2. The molecule has 2 aromatic heterocycles. The molecule has 0 fully saturated rings. The molecule has 0 N–H and O–H groups in total. The van der Waals surface area contributed by atoms with Crippen molar-refractivity contribution in [3.8, 4) is 89.8 Å². The Hall–Kier alpha value is -8.99. The number of fused-ring (bicyclic) bond motifs is 13. The number of hydrogen-bond acceptors (Lipinski definition) is 4. The maximum absolute atomic E-state index is 6.32. The van der Waals surface area contributed by atoms with Crippen LogP contribution in [0.3, 0.4) is 0 Å². The topological polar surface area (TPSA) is 51.8 Å². The zero-order valence-electron chi connectivity index (χ0n) is 36.8. The molecule has 0 amide bonds. The number of benzene rings is 10. The van der Waals surface area contributed by atoms with Gasteiger partial charge in [-0.2, -0.15) is 0 Å². The predicted molar refractivity (Wildman–Crippen MR) is 276 cm³/mol. The molecule has 0 saturated heterocycles. The van der Waals surface area contributed by atoms with E-state index in [0.29, 0.717) is 17.5 Å². The molecule has 0 unspecified atom stereocenters. The van der Waals surface area contributed by atoms with Crippen LogP contribution in [0.1, 0.15) is 22.3 Å². The fourth-order valence-corrected chi connectivity index (χ4v) is 11.1. The summed E-state index contributed by atoms with van der Waals surface area (Å²) in [5, 5.41) is 2.07. The minimum atomic E-state index is -0.410. The minimum Gasteiger partial charge on any atom is -0.456 e. The molecule has 2 aliphatic rings. The Morgan fingerprint density at radius 3 is 1.21 bits per heavy atom. The fourth-order valence-electron chi connectivity index (χ4n) is 11.1. The van der Waals surface area contributed by atoms with Gasteiger partial charge in [-0.15, -0.1) is 0 Å². The number of nitrogens with zero attached hydrogens (tertiary/aromatic N) is 3. The molecule has 316 valence electrons. The average molecular weight is 866 g/mol. The van der Waals surface area contributed by atoms with Crippen molar-refractivity contribution in [1.82, 2.24) is 15.0 Å². The molecule has 0 atom stereocenters. The molecule has 0 aliphatic heterocycles. The van der Waals surface area contributed by atoms with Crippen LogP contribution in [0, 0.1) is 0 Å². The monoisotopic (exact) mass is 865 g/mol. The van der Waals surface area contributed by atoms with Gasteiger partial charge in [-0.1, -0.05) is 206 Å². The highest BCUT2D eigenvalue weighted by Crippen LogP contribution is 2.64. The highest BCUT2D eigenvalue weighted by molar-refractivity contribution is 6.07. The van der Waals surface area contributed by atoms with E-state index in [0.717, 1.165) is 60.9 Å². The second kappa shape index (κ2) is 15.0. The van der Waals surface area contributed by atoms with Crippen LogP contribution >= 0.6 is 0 Å². The second-order valence-corrected chi connectivity index (χ2v) is 17.8. The van der Waals surface area contributed by atoms with Gasteiger partial charge in [-0.25, -0.2) is 15.0 Å². The van der Waals surface area contributed by atoms with Crippen molar-refractivity contribution in [2.45, 2.75) is 5.41 Å². The zero-order chi connectivity index (χ0) is 44.8. The van der Waals surface area contributed by atoms with Gasteiger partial charge >= 0.3 is 0 Å². The van der Waals surface area contributed by atoms with E-state index < -0.39 is 5.41 Å². The van der Waals surface area contributed by atoms with Crippen molar-refractivity contribution in [2.24, 2.45) is 0 Å². The van der Waals surface area contributed by atoms with Gasteiger partial charge in [0.1, 0.15) is 11.2 Å². The SMILES string of the molecule is c1ccc(-c2ccc3oc4ccc(-c5nc(-c6ccccc6)nc(-c6ccc(-c7ccc(-c8cccc9c8C8(c%10ccccc%10-c%10ccccc%108)c8ccccc8-9)cc7)cc6)n5)cc4c3c2)cc1. The molecule has 0 saturated carbocycles. The van der Waals surface area contributed by atoms with Gasteiger partial charge in [-0.3, -0.25) is 0 Å². The highest BCUT2D eigenvalue weighted by Gasteiger charge is 2.52. The van der Waals surface area contributed by atoms with E-state index in [1.807, 2.05) is 48.5 Å². The van der Waals surface area contributed by atoms with Crippen LogP contribution in [0.15, 0.2) is 241 Å². The van der Waals surface area contributed by atoms with Gasteiger partial charge in [0.2, 0.25) is 0 Å². The second-order valence-electron chi connectivity index (χ2n) is 17.8. The molecule has 4 nitrogen and oxygen atoms in total. The average Bonchev–Trinajstić information content (AvgIpc) is 4.05. The van der Waals surface area contributed by atoms with E-state index in [2.05, 4.69) is 188 Å². The summed E-state index contributed by atoms with van der Waals surface area (Å²) in [4.78, 5) is 15.2. The lowest BCUT2D eigenvalue weighted by atomic mass is 9.68. The van der Waals surface area contributed by atoms with Gasteiger partial charge in [0, 0.05) is 27.5 Å². The van der Waals surface area contributed by atoms with Crippen molar-refractivity contribution in [1.29, 1.82) is 0 Å². The molecule has 4 heteroatoms. The fraction of sp³-hybridized carbons (Fsp3) is 0.0156. The Morgan fingerprint density at radius 1 is 0.265 bits per heavy atom.